The molecule has 2 aromatic heterocycles. The van der Waals surface area contributed by atoms with Crippen LogP contribution in [0.25, 0.3) is 10.9 Å². The fourth-order valence-electron chi connectivity index (χ4n) is 4.05. The van der Waals surface area contributed by atoms with Crippen LogP contribution in [-0.2, 0) is 5.92 Å². The maximum Gasteiger partial charge on any atom is 0.301 e. The van der Waals surface area contributed by atoms with Crippen molar-refractivity contribution in [2.75, 3.05) is 23.3 Å². The number of aliphatic hydroxyl groups is 2. The van der Waals surface area contributed by atoms with Crippen LogP contribution < -0.4 is 10.2 Å². The number of β-amino-alcohol motifs (C(OH)–C–C–N with tert-alkyl or cyclic N) is 1. The van der Waals surface area contributed by atoms with Crippen LogP contribution in [0.1, 0.15) is 43.1 Å². The number of hydrogen-bond donors (Lipinski definition) is 3. The van der Waals surface area contributed by atoms with Gasteiger partial charge in [-0.25, -0.2) is 4.39 Å². The molecule has 0 amide bonds. The van der Waals surface area contributed by atoms with Crippen LogP contribution in [-0.4, -0.2) is 50.7 Å². The van der Waals surface area contributed by atoms with Gasteiger partial charge in [-0.15, -0.1) is 5.10 Å². The number of aliphatic hydroxyl groups excluding tert-OH is 2. The monoisotopic (exact) mass is 461 g/mol. The molecule has 176 valence electrons. The van der Waals surface area contributed by atoms with Crippen LogP contribution >= 0.6 is 0 Å². The summed E-state index contributed by atoms with van der Waals surface area (Å²) < 4.78 is 43.7. The Morgan fingerprint density at radius 3 is 2.67 bits per heavy atom. The van der Waals surface area contributed by atoms with E-state index in [9.17, 15) is 19.0 Å². The van der Waals surface area contributed by atoms with E-state index in [1.165, 1.54) is 12.1 Å². The van der Waals surface area contributed by atoms with Gasteiger partial charge in [0.1, 0.15) is 11.9 Å². The number of nitrogens with zero attached hydrogens (tertiary/aromatic N) is 4. The van der Waals surface area contributed by atoms with Crippen molar-refractivity contribution in [2.24, 2.45) is 0 Å². The number of halogens is 3. The van der Waals surface area contributed by atoms with E-state index in [0.29, 0.717) is 41.9 Å². The molecule has 1 saturated heterocycles. The van der Waals surface area contributed by atoms with Gasteiger partial charge in [0.25, 0.3) is 0 Å². The molecule has 1 aromatic carbocycles. The second kappa shape index (κ2) is 8.75. The summed E-state index contributed by atoms with van der Waals surface area (Å²) >= 11 is 0. The molecule has 0 radical (unpaired) electrons. The number of hydrogen-bond acceptors (Lipinski definition) is 7. The van der Waals surface area contributed by atoms with Gasteiger partial charge in [-0.05, 0) is 39.3 Å². The minimum absolute atomic E-state index is 0.00938. The van der Waals surface area contributed by atoms with Crippen LogP contribution in [0.3, 0.4) is 0 Å². The van der Waals surface area contributed by atoms with Crippen molar-refractivity contribution < 1.29 is 23.4 Å². The zero-order valence-corrected chi connectivity index (χ0v) is 18.6. The first-order valence-electron chi connectivity index (χ1n) is 10.8. The summed E-state index contributed by atoms with van der Waals surface area (Å²) in [5.74, 6) is -4.48. The predicted molar refractivity (Wildman–Crippen MR) is 119 cm³/mol. The van der Waals surface area contributed by atoms with E-state index in [1.54, 1.807) is 20.0 Å². The molecule has 0 spiro atoms. The number of nitrogens with one attached hydrogen (secondary N) is 1. The summed E-state index contributed by atoms with van der Waals surface area (Å²) in [6.45, 7) is 5.52. The lowest BCUT2D eigenvalue weighted by Gasteiger charge is -2.23. The third-order valence-electron chi connectivity index (χ3n) is 6.03. The number of aromatic nitrogens is 3. The van der Waals surface area contributed by atoms with E-state index in [4.69, 9.17) is 0 Å². The minimum atomic E-state index is -3.73. The summed E-state index contributed by atoms with van der Waals surface area (Å²) in [7, 11) is 0. The third-order valence-corrected chi connectivity index (χ3v) is 6.03. The van der Waals surface area contributed by atoms with Crippen molar-refractivity contribution >= 4 is 22.4 Å². The van der Waals surface area contributed by atoms with Crippen LogP contribution in [0.4, 0.5) is 24.7 Å². The van der Waals surface area contributed by atoms with Crippen molar-refractivity contribution in [2.45, 2.75) is 51.4 Å². The quantitative estimate of drug-likeness (QED) is 0.515. The summed E-state index contributed by atoms with van der Waals surface area (Å²) in [6.07, 6.45) is -0.0546. The lowest BCUT2D eigenvalue weighted by molar-refractivity contribution is -0.108. The summed E-state index contributed by atoms with van der Waals surface area (Å²) in [6, 6.07) is 4.87. The van der Waals surface area contributed by atoms with Gasteiger partial charge in [-0.3, -0.25) is 4.98 Å². The van der Waals surface area contributed by atoms with E-state index in [0.717, 1.165) is 18.7 Å². The van der Waals surface area contributed by atoms with Gasteiger partial charge in [0.05, 0.1) is 40.8 Å². The Balaban J connectivity index is 1.70. The number of alkyl halides is 2. The van der Waals surface area contributed by atoms with Gasteiger partial charge in [-0.2, -0.15) is 13.9 Å². The Labute approximate surface area is 189 Å². The second-order valence-electron chi connectivity index (χ2n) is 8.49. The molecule has 3 heterocycles. The molecule has 3 aromatic rings. The van der Waals surface area contributed by atoms with E-state index in [1.807, 2.05) is 11.0 Å². The molecule has 0 bridgehead atoms. The van der Waals surface area contributed by atoms with Crippen LogP contribution in [0.5, 0.6) is 0 Å². The Bertz CT molecular complexity index is 1170. The Morgan fingerprint density at radius 2 is 2.00 bits per heavy atom. The fourth-order valence-corrected chi connectivity index (χ4v) is 4.05. The molecule has 1 aliphatic heterocycles. The lowest BCUT2D eigenvalue weighted by atomic mass is 9.97. The number of fused-ring (bicyclic) bond motifs is 1. The zero-order valence-electron chi connectivity index (χ0n) is 18.6. The van der Waals surface area contributed by atoms with E-state index in [-0.39, 0.29) is 5.56 Å². The molecule has 1 unspecified atom stereocenters. The second-order valence-corrected chi connectivity index (χ2v) is 8.49. The summed E-state index contributed by atoms with van der Waals surface area (Å²) in [5, 5.41) is 31.3. The first-order valence-corrected chi connectivity index (χ1v) is 10.8. The maximum absolute atomic E-state index is 15.1. The van der Waals surface area contributed by atoms with Crippen LogP contribution in [0, 0.1) is 12.7 Å². The topological polar surface area (TPSA) is 94.4 Å². The Morgan fingerprint density at radius 1 is 1.24 bits per heavy atom. The van der Waals surface area contributed by atoms with Crippen molar-refractivity contribution in [3.05, 3.63) is 53.1 Å². The number of aryl methyl sites for hydroxylation is 1. The van der Waals surface area contributed by atoms with Gasteiger partial charge in [0.2, 0.25) is 0 Å². The predicted octanol–water partition coefficient (Wildman–Crippen LogP) is 3.69. The lowest BCUT2D eigenvalue weighted by Crippen LogP contribution is -2.29. The molecule has 0 aliphatic carbocycles. The zero-order chi connectivity index (χ0) is 23.9. The van der Waals surface area contributed by atoms with Crippen molar-refractivity contribution in [1.29, 1.82) is 0 Å². The maximum atomic E-state index is 15.1. The van der Waals surface area contributed by atoms with Gasteiger partial charge in [-0.1, -0.05) is 12.1 Å². The molecule has 7 nitrogen and oxygen atoms in total. The van der Waals surface area contributed by atoms with Gasteiger partial charge in [0, 0.05) is 24.0 Å². The average molecular weight is 461 g/mol. The number of pyridine rings is 1. The van der Waals surface area contributed by atoms with E-state index in [2.05, 4.69) is 20.5 Å². The molecule has 1 fully saturated rings. The summed E-state index contributed by atoms with van der Waals surface area (Å²) in [5.41, 5.74) is 1.18. The van der Waals surface area contributed by atoms with E-state index >= 15 is 4.39 Å². The third kappa shape index (κ3) is 4.32. The largest absolute Gasteiger partial charge is 0.391 e. The molecule has 1 aliphatic rings. The molecule has 0 saturated carbocycles. The summed E-state index contributed by atoms with van der Waals surface area (Å²) in [4.78, 5) is 6.52. The van der Waals surface area contributed by atoms with Gasteiger partial charge < -0.3 is 20.4 Å². The SMILES string of the molecule is Cc1nnc(N[C@H](C)c2cccc(C(F)(F)C(C)O)c2F)c2cc(N3CC[C@H](O)C3)cnc12. The highest BCUT2D eigenvalue weighted by Gasteiger charge is 2.40. The van der Waals surface area contributed by atoms with Crippen molar-refractivity contribution in [3.63, 3.8) is 0 Å². The highest BCUT2D eigenvalue weighted by Crippen LogP contribution is 2.36. The first-order chi connectivity index (χ1) is 15.6. The molecule has 10 heteroatoms. The molecular formula is C23H26F3N5O2. The Hall–Kier alpha value is -2.98. The molecule has 33 heavy (non-hydrogen) atoms. The van der Waals surface area contributed by atoms with Crippen LogP contribution in [0.2, 0.25) is 0 Å². The standard InChI is InChI=1S/C23H26F3N5O2/c1-12(17-5-4-6-19(20(17)24)23(25,26)14(3)32)28-22-18-9-15(31-8-7-16(33)11-31)10-27-21(18)13(2)29-30-22/h4-6,9-10,12,14,16,32-33H,7-8,11H2,1-3H3,(H,28,30)/t12-,14?,16+/m1/s1. The fraction of sp³-hybridized carbons (Fsp3) is 0.435. The Kier molecular flexibility index (Phi) is 6.15. The molecule has 4 rings (SSSR count). The molecular weight excluding hydrogens is 435 g/mol. The number of benzene rings is 1. The minimum Gasteiger partial charge on any atom is -0.391 e. The first kappa shape index (κ1) is 23.2. The number of rotatable bonds is 6. The van der Waals surface area contributed by atoms with Crippen LogP contribution in [0.15, 0.2) is 30.5 Å². The average Bonchev–Trinajstić information content (AvgIpc) is 3.21. The number of anilines is 2. The highest BCUT2D eigenvalue weighted by molar-refractivity contribution is 5.92. The van der Waals surface area contributed by atoms with Gasteiger partial charge >= 0.3 is 5.92 Å². The molecule has 3 N–H and O–H groups in total. The van der Waals surface area contributed by atoms with Crippen molar-refractivity contribution in [3.8, 4) is 0 Å². The molecule has 3 atom stereocenters. The van der Waals surface area contributed by atoms with Crippen molar-refractivity contribution in [1.82, 2.24) is 15.2 Å². The normalized spacial score (nSPS) is 18.5. The highest BCUT2D eigenvalue weighted by atomic mass is 19.3. The van der Waals surface area contributed by atoms with E-state index < -0.39 is 35.6 Å². The smallest absolute Gasteiger partial charge is 0.301 e. The van der Waals surface area contributed by atoms with Gasteiger partial charge in [0.15, 0.2) is 5.82 Å².